The lowest BCUT2D eigenvalue weighted by molar-refractivity contribution is 0.313. The lowest BCUT2D eigenvalue weighted by Crippen LogP contribution is -2.44. The number of rotatable bonds is 5. The molecule has 6 nitrogen and oxygen atoms in total. The fourth-order valence-corrected chi connectivity index (χ4v) is 3.78. The Morgan fingerprint density at radius 2 is 1.53 bits per heavy atom. The van der Waals surface area contributed by atoms with Crippen LogP contribution in [0.25, 0.3) is 0 Å². The predicted molar refractivity (Wildman–Crippen MR) is 146 cm³/mol. The summed E-state index contributed by atoms with van der Waals surface area (Å²) in [5.74, 6) is 1.39. The second-order valence-corrected chi connectivity index (χ2v) is 9.64. The first-order valence-corrected chi connectivity index (χ1v) is 12.3. The van der Waals surface area contributed by atoms with Gasteiger partial charge in [-0.25, -0.2) is 4.98 Å². The number of anilines is 5. The highest BCUT2D eigenvalue weighted by Crippen LogP contribution is 2.27. The topological polar surface area (TPSA) is 56.3 Å². The molecule has 0 amide bonds. The molecule has 2 aromatic carbocycles. The molecule has 2 N–H and O–H groups in total. The van der Waals surface area contributed by atoms with Crippen LogP contribution in [0.5, 0.6) is 0 Å². The molecule has 34 heavy (non-hydrogen) atoms. The van der Waals surface area contributed by atoms with Gasteiger partial charge in [-0.2, -0.15) is 4.98 Å². The molecule has 4 rings (SSSR count). The molecule has 1 aliphatic rings. The molecule has 6 heteroatoms. The number of nitrogens with zero attached hydrogens (tertiary/aromatic N) is 4. The minimum absolute atomic E-state index is 0.0986. The van der Waals surface area contributed by atoms with Gasteiger partial charge < -0.3 is 20.4 Å². The summed E-state index contributed by atoms with van der Waals surface area (Å²) < 4.78 is 0. The summed E-state index contributed by atoms with van der Waals surface area (Å²) in [6.45, 7) is 17.0. The van der Waals surface area contributed by atoms with Crippen LogP contribution < -0.4 is 15.5 Å². The molecule has 1 aliphatic heterocycles. The van der Waals surface area contributed by atoms with Crippen molar-refractivity contribution in [3.63, 3.8) is 0 Å². The van der Waals surface area contributed by atoms with Crippen molar-refractivity contribution in [2.75, 3.05) is 48.8 Å². The zero-order chi connectivity index (χ0) is 24.7. The Morgan fingerprint density at radius 3 is 2.18 bits per heavy atom. The minimum Gasteiger partial charge on any atom is -0.369 e. The molecule has 0 radical (unpaired) electrons. The number of aromatic nitrogens is 2. The summed E-state index contributed by atoms with van der Waals surface area (Å²) in [7, 11) is 2.18. The van der Waals surface area contributed by atoms with Crippen molar-refractivity contribution >= 4 is 28.8 Å². The molecule has 182 valence electrons. The van der Waals surface area contributed by atoms with Crippen LogP contribution in [0.4, 0.5) is 28.8 Å². The number of aryl methyl sites for hydroxylation is 1. The maximum absolute atomic E-state index is 4.73. The van der Waals surface area contributed by atoms with Crippen molar-refractivity contribution in [1.82, 2.24) is 14.9 Å². The highest BCUT2D eigenvalue weighted by atomic mass is 15.2. The quantitative estimate of drug-likeness (QED) is 0.463. The number of piperazine rings is 1. The van der Waals surface area contributed by atoms with E-state index in [1.807, 2.05) is 27.0 Å². The van der Waals surface area contributed by atoms with E-state index in [1.165, 1.54) is 11.3 Å². The summed E-state index contributed by atoms with van der Waals surface area (Å²) in [4.78, 5) is 14.0. The van der Waals surface area contributed by atoms with Crippen molar-refractivity contribution in [2.45, 2.75) is 47.0 Å². The van der Waals surface area contributed by atoms with E-state index in [0.717, 1.165) is 48.9 Å². The molecule has 0 atom stereocenters. The van der Waals surface area contributed by atoms with Crippen LogP contribution in [0.2, 0.25) is 0 Å². The molecule has 0 spiro atoms. The third-order valence-electron chi connectivity index (χ3n) is 5.95. The van der Waals surface area contributed by atoms with Crippen molar-refractivity contribution in [3.8, 4) is 0 Å². The highest BCUT2D eigenvalue weighted by Gasteiger charge is 2.15. The largest absolute Gasteiger partial charge is 0.369 e. The summed E-state index contributed by atoms with van der Waals surface area (Å²) >= 11 is 0. The molecule has 1 aromatic heterocycles. The van der Waals surface area contributed by atoms with Gasteiger partial charge in [-0.3, -0.25) is 0 Å². The Kier molecular flexibility index (Phi) is 8.51. The third-order valence-corrected chi connectivity index (χ3v) is 5.95. The summed E-state index contributed by atoms with van der Waals surface area (Å²) in [5, 5.41) is 6.81. The van der Waals surface area contributed by atoms with Crippen LogP contribution in [0.3, 0.4) is 0 Å². The van der Waals surface area contributed by atoms with Crippen LogP contribution in [-0.2, 0) is 5.41 Å². The molecule has 0 bridgehead atoms. The Hall–Kier alpha value is -3.12. The average molecular weight is 461 g/mol. The second-order valence-electron chi connectivity index (χ2n) is 9.64. The monoisotopic (exact) mass is 460 g/mol. The first-order valence-electron chi connectivity index (χ1n) is 12.3. The zero-order valence-corrected chi connectivity index (χ0v) is 21.8. The highest BCUT2D eigenvalue weighted by molar-refractivity contribution is 5.64. The summed E-state index contributed by atoms with van der Waals surface area (Å²) in [5.41, 5.74) is 5.65. The molecular weight excluding hydrogens is 420 g/mol. The van der Waals surface area contributed by atoms with Crippen molar-refractivity contribution < 1.29 is 0 Å². The first-order chi connectivity index (χ1) is 16.3. The van der Waals surface area contributed by atoms with E-state index < -0.39 is 0 Å². The molecular formula is C28H40N6. The Morgan fingerprint density at radius 1 is 0.853 bits per heavy atom. The van der Waals surface area contributed by atoms with E-state index in [2.05, 4.69) is 102 Å². The normalized spacial score (nSPS) is 14.3. The van der Waals surface area contributed by atoms with Crippen LogP contribution in [-0.4, -0.2) is 48.1 Å². The van der Waals surface area contributed by atoms with Gasteiger partial charge in [-0.05, 0) is 61.3 Å². The summed E-state index contributed by atoms with van der Waals surface area (Å²) in [6, 6.07) is 17.0. The van der Waals surface area contributed by atoms with E-state index in [-0.39, 0.29) is 5.41 Å². The maximum atomic E-state index is 4.73. The smallest absolute Gasteiger partial charge is 0.229 e. The fraction of sp³-hybridized carbons (Fsp3) is 0.429. The minimum atomic E-state index is 0.0986. The van der Waals surface area contributed by atoms with Gasteiger partial charge >= 0.3 is 0 Å². The standard InChI is InChI=1S/C26H34N6.C2H6/c1-19-18-27-25(30-24(19)28-22-8-6-7-20(17-22)26(2,3)4)29-21-9-11-23(12-10-21)32-15-13-31(5)14-16-32;1-2/h6-12,17-18H,13-16H2,1-5H3,(H2,27,28,29,30);1-2H3. The van der Waals surface area contributed by atoms with Gasteiger partial charge in [0.15, 0.2) is 0 Å². The number of hydrogen-bond acceptors (Lipinski definition) is 6. The number of nitrogens with one attached hydrogen (secondary N) is 2. The first kappa shape index (κ1) is 25.5. The third kappa shape index (κ3) is 6.70. The van der Waals surface area contributed by atoms with Gasteiger partial charge in [0, 0.05) is 55.0 Å². The fourth-order valence-electron chi connectivity index (χ4n) is 3.78. The van der Waals surface area contributed by atoms with Crippen LogP contribution in [0.15, 0.2) is 54.7 Å². The van der Waals surface area contributed by atoms with Gasteiger partial charge in [0.05, 0.1) is 0 Å². The predicted octanol–water partition coefficient (Wildman–Crippen LogP) is 6.35. The van der Waals surface area contributed by atoms with Crippen LogP contribution >= 0.6 is 0 Å². The molecule has 0 aliphatic carbocycles. The number of hydrogen-bond donors (Lipinski definition) is 2. The molecule has 0 unspecified atom stereocenters. The Balaban J connectivity index is 0.00000158. The zero-order valence-electron chi connectivity index (χ0n) is 21.8. The van der Waals surface area contributed by atoms with Gasteiger partial charge in [-0.1, -0.05) is 46.8 Å². The maximum Gasteiger partial charge on any atom is 0.229 e. The molecule has 1 saturated heterocycles. The van der Waals surface area contributed by atoms with Crippen molar-refractivity contribution in [1.29, 1.82) is 0 Å². The molecule has 3 aromatic rings. The van der Waals surface area contributed by atoms with Crippen LogP contribution in [0, 0.1) is 6.92 Å². The molecule has 2 heterocycles. The lowest BCUT2D eigenvalue weighted by Gasteiger charge is -2.34. The Labute approximate surface area is 205 Å². The van der Waals surface area contributed by atoms with Gasteiger partial charge in [-0.15, -0.1) is 0 Å². The average Bonchev–Trinajstić information content (AvgIpc) is 2.83. The number of benzene rings is 2. The van der Waals surface area contributed by atoms with Crippen molar-refractivity contribution in [2.24, 2.45) is 0 Å². The summed E-state index contributed by atoms with van der Waals surface area (Å²) in [6.07, 6.45) is 1.85. The van der Waals surface area contributed by atoms with E-state index >= 15 is 0 Å². The van der Waals surface area contributed by atoms with Crippen molar-refractivity contribution in [3.05, 3.63) is 65.9 Å². The molecule has 1 fully saturated rings. The van der Waals surface area contributed by atoms with Gasteiger partial charge in [0.1, 0.15) is 5.82 Å². The van der Waals surface area contributed by atoms with E-state index in [4.69, 9.17) is 4.98 Å². The SMILES string of the molecule is CC.Cc1cnc(Nc2ccc(N3CCN(C)CC3)cc2)nc1Nc1cccc(C(C)(C)C)c1. The van der Waals surface area contributed by atoms with E-state index in [9.17, 15) is 0 Å². The number of likely N-dealkylation sites (N-methyl/N-ethyl adjacent to an activating group) is 1. The van der Waals surface area contributed by atoms with Crippen LogP contribution in [0.1, 0.15) is 45.7 Å². The second kappa shape index (κ2) is 11.3. The van der Waals surface area contributed by atoms with E-state index in [1.54, 1.807) is 0 Å². The van der Waals surface area contributed by atoms with Gasteiger partial charge in [0.2, 0.25) is 5.95 Å². The lowest BCUT2D eigenvalue weighted by atomic mass is 9.87. The molecule has 0 saturated carbocycles. The Bertz CT molecular complexity index is 1050. The van der Waals surface area contributed by atoms with Gasteiger partial charge in [0.25, 0.3) is 0 Å². The van der Waals surface area contributed by atoms with E-state index in [0.29, 0.717) is 5.95 Å².